The van der Waals surface area contributed by atoms with Crippen LogP contribution in [0.3, 0.4) is 0 Å². The van der Waals surface area contributed by atoms with Gasteiger partial charge in [0, 0.05) is 27.1 Å². The molecule has 0 saturated carbocycles. The molecule has 0 atom stereocenters. The molecule has 6 nitrogen and oxygen atoms in total. The van der Waals surface area contributed by atoms with E-state index in [1.165, 1.54) is 7.11 Å². The van der Waals surface area contributed by atoms with Crippen molar-refractivity contribution in [3.05, 3.63) is 39.3 Å². The van der Waals surface area contributed by atoms with Crippen LogP contribution in [0.15, 0.2) is 33.8 Å². The molecule has 118 valence electrons. The number of nitrogens with one attached hydrogen (secondary N) is 1. The maximum atomic E-state index is 11.7. The Morgan fingerprint density at radius 2 is 2.22 bits per heavy atom. The van der Waals surface area contributed by atoms with E-state index >= 15 is 0 Å². The molecule has 2 aromatic rings. The van der Waals surface area contributed by atoms with Crippen LogP contribution >= 0.6 is 27.7 Å². The van der Waals surface area contributed by atoms with E-state index in [4.69, 9.17) is 4.74 Å². The van der Waals surface area contributed by atoms with Crippen molar-refractivity contribution in [2.45, 2.75) is 6.54 Å². The number of amides is 2. The van der Waals surface area contributed by atoms with Gasteiger partial charge < -0.3 is 9.30 Å². The summed E-state index contributed by atoms with van der Waals surface area (Å²) in [5.41, 5.74) is 1.58. The highest BCUT2D eigenvalue weighted by atomic mass is 79.9. The number of fused-ring (bicyclic) bond motifs is 1. The number of aromatic nitrogens is 1. The molecule has 1 N–H and O–H groups in total. The summed E-state index contributed by atoms with van der Waals surface area (Å²) in [6.07, 6.45) is 3.41. The maximum Gasteiger partial charge on any atom is 0.325 e. The number of carbonyl (C=O) groups is 3. The van der Waals surface area contributed by atoms with Crippen LogP contribution in [-0.2, 0) is 20.9 Å². The Morgan fingerprint density at radius 1 is 1.43 bits per heavy atom. The zero-order valence-electron chi connectivity index (χ0n) is 12.0. The fourth-order valence-electron chi connectivity index (χ4n) is 2.31. The standard InChI is InChI=1S/C15H11BrN2O4S/c1-22-13(19)7-18-6-8(4-12-14(20)17-15(21)23-12)10-5-9(16)2-3-11(10)18/h2-6H,7H2,1H3,(H,17,20,21)/b12-4-. The molecule has 2 heterocycles. The maximum absolute atomic E-state index is 11.7. The lowest BCUT2D eigenvalue weighted by molar-refractivity contribution is -0.141. The second kappa shape index (κ2) is 6.21. The molecule has 1 aliphatic heterocycles. The number of benzene rings is 1. The molecule has 2 amide bonds. The van der Waals surface area contributed by atoms with Gasteiger partial charge in [0.2, 0.25) is 0 Å². The lowest BCUT2D eigenvalue weighted by Gasteiger charge is -2.03. The zero-order valence-corrected chi connectivity index (χ0v) is 14.4. The topological polar surface area (TPSA) is 77.4 Å². The molecule has 0 bridgehead atoms. The molecule has 1 aromatic heterocycles. The molecule has 0 unspecified atom stereocenters. The van der Waals surface area contributed by atoms with E-state index in [1.807, 2.05) is 18.2 Å². The summed E-state index contributed by atoms with van der Waals surface area (Å²) in [6.45, 7) is 0.0656. The minimum Gasteiger partial charge on any atom is -0.468 e. The molecule has 8 heteroatoms. The summed E-state index contributed by atoms with van der Waals surface area (Å²) in [4.78, 5) is 34.9. The molecular weight excluding hydrogens is 384 g/mol. The summed E-state index contributed by atoms with van der Waals surface area (Å²) in [5.74, 6) is -0.781. The van der Waals surface area contributed by atoms with Crippen LogP contribution in [0.1, 0.15) is 5.56 Å². The van der Waals surface area contributed by atoms with Crippen LogP contribution in [0.2, 0.25) is 0 Å². The molecule has 1 saturated heterocycles. The van der Waals surface area contributed by atoms with Gasteiger partial charge >= 0.3 is 5.97 Å². The number of imide groups is 1. The number of thioether (sulfide) groups is 1. The third kappa shape index (κ3) is 3.18. The second-order valence-electron chi connectivity index (χ2n) is 4.80. The van der Waals surface area contributed by atoms with Gasteiger partial charge in [-0.1, -0.05) is 15.9 Å². The van der Waals surface area contributed by atoms with Crippen molar-refractivity contribution in [1.82, 2.24) is 9.88 Å². The van der Waals surface area contributed by atoms with Crippen molar-refractivity contribution >= 4 is 61.8 Å². The second-order valence-corrected chi connectivity index (χ2v) is 6.73. The molecule has 1 aromatic carbocycles. The van der Waals surface area contributed by atoms with Crippen molar-refractivity contribution in [2.24, 2.45) is 0 Å². The summed E-state index contributed by atoms with van der Waals surface area (Å²) in [6, 6.07) is 5.64. The van der Waals surface area contributed by atoms with Gasteiger partial charge in [-0.05, 0) is 36.0 Å². The molecular formula is C15H11BrN2O4S. The van der Waals surface area contributed by atoms with Crippen molar-refractivity contribution in [1.29, 1.82) is 0 Å². The summed E-state index contributed by atoms with van der Waals surface area (Å²) >= 11 is 4.27. The number of methoxy groups -OCH3 is 1. The first kappa shape index (κ1) is 15.8. The highest BCUT2D eigenvalue weighted by Crippen LogP contribution is 2.31. The molecule has 1 fully saturated rings. The zero-order chi connectivity index (χ0) is 16.6. The summed E-state index contributed by atoms with van der Waals surface area (Å²) in [7, 11) is 1.33. The van der Waals surface area contributed by atoms with E-state index in [0.29, 0.717) is 4.91 Å². The van der Waals surface area contributed by atoms with Gasteiger partial charge in [-0.3, -0.25) is 19.7 Å². The lowest BCUT2D eigenvalue weighted by Crippen LogP contribution is -2.17. The van der Waals surface area contributed by atoms with E-state index in [0.717, 1.165) is 32.7 Å². The normalized spacial score (nSPS) is 16.2. The van der Waals surface area contributed by atoms with Crippen LogP contribution in [0.4, 0.5) is 4.79 Å². The molecule has 1 aliphatic rings. The largest absolute Gasteiger partial charge is 0.468 e. The first-order valence-corrected chi connectivity index (χ1v) is 8.19. The van der Waals surface area contributed by atoms with E-state index in [9.17, 15) is 14.4 Å². The van der Waals surface area contributed by atoms with Gasteiger partial charge in [-0.2, -0.15) is 0 Å². The predicted octanol–water partition coefficient (Wildman–Crippen LogP) is 2.90. The van der Waals surface area contributed by atoms with E-state index in [1.54, 1.807) is 16.8 Å². The number of hydrogen-bond acceptors (Lipinski definition) is 5. The Balaban J connectivity index is 2.11. The van der Waals surface area contributed by atoms with E-state index < -0.39 is 5.91 Å². The monoisotopic (exact) mass is 394 g/mol. The Kier molecular flexibility index (Phi) is 4.27. The minimum atomic E-state index is -0.413. The lowest BCUT2D eigenvalue weighted by atomic mass is 10.1. The van der Waals surface area contributed by atoms with Crippen LogP contribution in [0, 0.1) is 0 Å². The predicted molar refractivity (Wildman–Crippen MR) is 90.8 cm³/mol. The average molecular weight is 395 g/mol. The van der Waals surface area contributed by atoms with Crippen molar-refractivity contribution in [3.63, 3.8) is 0 Å². The molecule has 0 spiro atoms. The average Bonchev–Trinajstić information content (AvgIpc) is 2.99. The number of halogens is 1. The van der Waals surface area contributed by atoms with Crippen molar-refractivity contribution in [3.8, 4) is 0 Å². The van der Waals surface area contributed by atoms with Gasteiger partial charge in [0.05, 0.1) is 12.0 Å². The minimum absolute atomic E-state index is 0.0656. The molecule has 0 aliphatic carbocycles. The van der Waals surface area contributed by atoms with E-state index in [2.05, 4.69) is 21.2 Å². The number of esters is 1. The summed E-state index contributed by atoms with van der Waals surface area (Å²) < 4.78 is 7.33. The number of hydrogen-bond donors (Lipinski definition) is 1. The number of nitrogens with zero attached hydrogens (tertiary/aromatic N) is 1. The number of ether oxygens (including phenoxy) is 1. The smallest absolute Gasteiger partial charge is 0.325 e. The van der Waals surface area contributed by atoms with Crippen LogP contribution in [-0.4, -0.2) is 28.8 Å². The van der Waals surface area contributed by atoms with Crippen LogP contribution in [0.5, 0.6) is 0 Å². The first-order valence-electron chi connectivity index (χ1n) is 6.58. The van der Waals surface area contributed by atoms with Crippen LogP contribution < -0.4 is 5.32 Å². The van der Waals surface area contributed by atoms with Crippen molar-refractivity contribution in [2.75, 3.05) is 7.11 Å². The molecule has 0 radical (unpaired) electrons. The Bertz CT molecular complexity index is 872. The molecule has 3 rings (SSSR count). The quantitative estimate of drug-likeness (QED) is 0.639. The Hall–Kier alpha value is -2.06. The SMILES string of the molecule is COC(=O)Cn1cc(/C=C2\SC(=O)NC2=O)c2cc(Br)ccc21. The first-order chi connectivity index (χ1) is 11.0. The third-order valence-corrected chi connectivity index (χ3v) is 4.63. The van der Waals surface area contributed by atoms with E-state index in [-0.39, 0.29) is 17.8 Å². The fourth-order valence-corrected chi connectivity index (χ4v) is 3.34. The van der Waals surface area contributed by atoms with Crippen LogP contribution in [0.25, 0.3) is 17.0 Å². The van der Waals surface area contributed by atoms with Gasteiger partial charge in [0.25, 0.3) is 11.1 Å². The number of rotatable bonds is 3. The van der Waals surface area contributed by atoms with Gasteiger partial charge in [-0.25, -0.2) is 0 Å². The van der Waals surface area contributed by atoms with Gasteiger partial charge in [0.15, 0.2) is 0 Å². The Morgan fingerprint density at radius 3 is 2.87 bits per heavy atom. The highest BCUT2D eigenvalue weighted by molar-refractivity contribution is 9.10. The summed E-state index contributed by atoms with van der Waals surface area (Å²) in [5, 5.41) is 2.70. The third-order valence-electron chi connectivity index (χ3n) is 3.33. The van der Waals surface area contributed by atoms with Crippen molar-refractivity contribution < 1.29 is 19.1 Å². The van der Waals surface area contributed by atoms with Gasteiger partial charge in [0.1, 0.15) is 6.54 Å². The van der Waals surface area contributed by atoms with Gasteiger partial charge in [-0.15, -0.1) is 0 Å². The Labute approximate surface area is 144 Å². The highest BCUT2D eigenvalue weighted by Gasteiger charge is 2.25. The molecule has 23 heavy (non-hydrogen) atoms. The number of carbonyl (C=O) groups excluding carboxylic acids is 3. The fraction of sp³-hybridized carbons (Fsp3) is 0.133.